The Morgan fingerprint density at radius 3 is 2.81 bits per heavy atom. The molecule has 3 heteroatoms. The van der Waals surface area contributed by atoms with Gasteiger partial charge in [0.2, 0.25) is 0 Å². The summed E-state index contributed by atoms with van der Waals surface area (Å²) in [6.45, 7) is 11.4. The molecule has 3 nitrogen and oxygen atoms in total. The molecule has 1 fully saturated rings. The number of para-hydroxylation sites is 1. The molecule has 1 aromatic carbocycles. The number of nitrogens with one attached hydrogen (secondary N) is 1. The molecule has 0 saturated carbocycles. The summed E-state index contributed by atoms with van der Waals surface area (Å²) in [6, 6.07) is 9.89. The average molecular weight is 289 g/mol. The summed E-state index contributed by atoms with van der Waals surface area (Å²) in [4.78, 5) is 5.05. The highest BCUT2D eigenvalue weighted by molar-refractivity contribution is 5.56. The maximum absolute atomic E-state index is 3.63. The van der Waals surface area contributed by atoms with Crippen molar-refractivity contribution in [3.63, 3.8) is 0 Å². The van der Waals surface area contributed by atoms with Crippen LogP contribution in [0.3, 0.4) is 0 Å². The molecule has 0 bridgehead atoms. The number of rotatable bonds is 5. The fourth-order valence-corrected chi connectivity index (χ4v) is 3.32. The number of likely N-dealkylation sites (N-methyl/N-ethyl adjacent to an activating group) is 1. The minimum absolute atomic E-state index is 0.411. The summed E-state index contributed by atoms with van der Waals surface area (Å²) in [5, 5.41) is 3.63. The molecule has 1 aromatic rings. The molecule has 21 heavy (non-hydrogen) atoms. The van der Waals surface area contributed by atoms with E-state index in [0.717, 1.165) is 19.6 Å². The molecular weight excluding hydrogens is 258 g/mol. The number of hydrogen-bond donors (Lipinski definition) is 1. The van der Waals surface area contributed by atoms with Gasteiger partial charge in [-0.25, -0.2) is 0 Å². The Bertz CT molecular complexity index is 432. The van der Waals surface area contributed by atoms with Crippen molar-refractivity contribution in [2.75, 3.05) is 38.1 Å². The summed E-state index contributed by atoms with van der Waals surface area (Å²) >= 11 is 0. The Balaban J connectivity index is 2.22. The van der Waals surface area contributed by atoms with Crippen LogP contribution in [0.4, 0.5) is 5.69 Å². The van der Waals surface area contributed by atoms with E-state index in [1.165, 1.54) is 30.6 Å². The molecular formula is C18H31N3. The van der Waals surface area contributed by atoms with Crippen molar-refractivity contribution in [3.05, 3.63) is 29.8 Å². The van der Waals surface area contributed by atoms with Gasteiger partial charge in [-0.05, 0) is 58.5 Å². The van der Waals surface area contributed by atoms with Crippen LogP contribution in [-0.4, -0.2) is 44.2 Å². The third-order valence-corrected chi connectivity index (χ3v) is 4.46. The molecule has 0 aromatic heterocycles. The van der Waals surface area contributed by atoms with E-state index >= 15 is 0 Å². The monoisotopic (exact) mass is 289 g/mol. The van der Waals surface area contributed by atoms with Crippen LogP contribution < -0.4 is 10.2 Å². The number of benzene rings is 1. The van der Waals surface area contributed by atoms with Crippen LogP contribution in [0, 0.1) is 0 Å². The molecule has 2 unspecified atom stereocenters. The van der Waals surface area contributed by atoms with Gasteiger partial charge in [0.1, 0.15) is 0 Å². The van der Waals surface area contributed by atoms with Crippen LogP contribution in [0.1, 0.15) is 45.2 Å². The van der Waals surface area contributed by atoms with Crippen molar-refractivity contribution in [2.24, 2.45) is 0 Å². The van der Waals surface area contributed by atoms with Gasteiger partial charge in [-0.15, -0.1) is 0 Å². The Morgan fingerprint density at radius 2 is 2.05 bits per heavy atom. The van der Waals surface area contributed by atoms with Crippen molar-refractivity contribution in [2.45, 2.75) is 45.7 Å². The van der Waals surface area contributed by atoms with Gasteiger partial charge in [0.25, 0.3) is 0 Å². The van der Waals surface area contributed by atoms with Gasteiger partial charge in [-0.2, -0.15) is 0 Å². The Labute approximate surface area is 130 Å². The lowest BCUT2D eigenvalue weighted by molar-refractivity contribution is 0.337. The van der Waals surface area contributed by atoms with E-state index in [-0.39, 0.29) is 0 Å². The van der Waals surface area contributed by atoms with E-state index in [0.29, 0.717) is 12.1 Å². The quantitative estimate of drug-likeness (QED) is 0.897. The second kappa shape index (κ2) is 7.81. The summed E-state index contributed by atoms with van der Waals surface area (Å²) < 4.78 is 0. The SMILES string of the molecule is CCCNC(C)c1ccccc1N1CCCN(C)CC1C. The topological polar surface area (TPSA) is 18.5 Å². The zero-order valence-corrected chi connectivity index (χ0v) is 14.1. The number of nitrogens with zero attached hydrogens (tertiary/aromatic N) is 2. The maximum atomic E-state index is 3.63. The molecule has 0 amide bonds. The molecule has 118 valence electrons. The Hall–Kier alpha value is -1.06. The highest BCUT2D eigenvalue weighted by atomic mass is 15.2. The van der Waals surface area contributed by atoms with E-state index in [4.69, 9.17) is 0 Å². The first-order valence-electron chi connectivity index (χ1n) is 8.41. The fourth-order valence-electron chi connectivity index (χ4n) is 3.32. The van der Waals surface area contributed by atoms with E-state index < -0.39 is 0 Å². The minimum atomic E-state index is 0.411. The van der Waals surface area contributed by atoms with Gasteiger partial charge in [0, 0.05) is 30.9 Å². The minimum Gasteiger partial charge on any atom is -0.367 e. The number of hydrogen-bond acceptors (Lipinski definition) is 3. The Morgan fingerprint density at radius 1 is 1.29 bits per heavy atom. The predicted molar refractivity (Wildman–Crippen MR) is 92.1 cm³/mol. The van der Waals surface area contributed by atoms with Crippen molar-refractivity contribution < 1.29 is 0 Å². The normalized spacial score (nSPS) is 22.1. The molecule has 2 rings (SSSR count). The van der Waals surface area contributed by atoms with Crippen molar-refractivity contribution in [1.82, 2.24) is 10.2 Å². The van der Waals surface area contributed by atoms with E-state index in [1.807, 2.05) is 0 Å². The smallest absolute Gasteiger partial charge is 0.0417 e. The highest BCUT2D eigenvalue weighted by Gasteiger charge is 2.22. The Kier molecular flexibility index (Phi) is 6.07. The van der Waals surface area contributed by atoms with Gasteiger partial charge in [-0.3, -0.25) is 0 Å². The van der Waals surface area contributed by atoms with Crippen LogP contribution in [0.15, 0.2) is 24.3 Å². The molecule has 0 radical (unpaired) electrons. The molecule has 1 saturated heterocycles. The molecule has 2 atom stereocenters. The van der Waals surface area contributed by atoms with E-state index in [9.17, 15) is 0 Å². The maximum Gasteiger partial charge on any atom is 0.0417 e. The van der Waals surface area contributed by atoms with Crippen LogP contribution >= 0.6 is 0 Å². The van der Waals surface area contributed by atoms with Crippen LogP contribution in [0.2, 0.25) is 0 Å². The molecule has 1 heterocycles. The highest BCUT2D eigenvalue weighted by Crippen LogP contribution is 2.29. The van der Waals surface area contributed by atoms with E-state index in [1.54, 1.807) is 0 Å². The van der Waals surface area contributed by atoms with Crippen molar-refractivity contribution in [1.29, 1.82) is 0 Å². The first-order valence-corrected chi connectivity index (χ1v) is 8.41. The van der Waals surface area contributed by atoms with Crippen molar-refractivity contribution >= 4 is 5.69 Å². The predicted octanol–water partition coefficient (Wildman–Crippen LogP) is 3.28. The van der Waals surface area contributed by atoms with Crippen LogP contribution in [-0.2, 0) is 0 Å². The van der Waals surface area contributed by atoms with Gasteiger partial charge in [0.05, 0.1) is 0 Å². The van der Waals surface area contributed by atoms with Gasteiger partial charge >= 0.3 is 0 Å². The largest absolute Gasteiger partial charge is 0.367 e. The second-order valence-corrected chi connectivity index (χ2v) is 6.39. The lowest BCUT2D eigenvalue weighted by Crippen LogP contribution is -2.39. The zero-order valence-electron chi connectivity index (χ0n) is 14.1. The van der Waals surface area contributed by atoms with Gasteiger partial charge in [0.15, 0.2) is 0 Å². The lowest BCUT2D eigenvalue weighted by Gasteiger charge is -2.33. The number of anilines is 1. The molecule has 1 aliphatic rings. The molecule has 0 aliphatic carbocycles. The summed E-state index contributed by atoms with van der Waals surface area (Å²) in [5.41, 5.74) is 2.85. The van der Waals surface area contributed by atoms with Gasteiger partial charge in [-0.1, -0.05) is 25.1 Å². The first kappa shape index (κ1) is 16.3. The first-order chi connectivity index (χ1) is 10.1. The summed E-state index contributed by atoms with van der Waals surface area (Å²) in [7, 11) is 2.23. The standard InChI is InChI=1S/C18H31N3/c1-5-11-19-16(3)17-9-6-7-10-18(17)21-13-8-12-20(4)14-15(21)2/h6-7,9-10,15-16,19H,5,8,11-14H2,1-4H3. The third-order valence-electron chi connectivity index (χ3n) is 4.46. The van der Waals surface area contributed by atoms with E-state index in [2.05, 4.69) is 67.2 Å². The zero-order chi connectivity index (χ0) is 15.2. The third kappa shape index (κ3) is 4.21. The lowest BCUT2D eigenvalue weighted by atomic mass is 10.0. The fraction of sp³-hybridized carbons (Fsp3) is 0.667. The van der Waals surface area contributed by atoms with Crippen LogP contribution in [0.5, 0.6) is 0 Å². The summed E-state index contributed by atoms with van der Waals surface area (Å²) in [6.07, 6.45) is 2.42. The molecule has 0 spiro atoms. The average Bonchev–Trinajstić information content (AvgIpc) is 2.65. The van der Waals surface area contributed by atoms with Gasteiger partial charge < -0.3 is 15.1 Å². The molecule has 1 N–H and O–H groups in total. The van der Waals surface area contributed by atoms with Crippen molar-refractivity contribution in [3.8, 4) is 0 Å². The van der Waals surface area contributed by atoms with Crippen LogP contribution in [0.25, 0.3) is 0 Å². The second-order valence-electron chi connectivity index (χ2n) is 6.39. The molecule has 1 aliphatic heterocycles. The summed E-state index contributed by atoms with van der Waals surface area (Å²) in [5.74, 6) is 0.